The van der Waals surface area contributed by atoms with E-state index in [9.17, 15) is 10.1 Å². The molecular formula is C11H14N4O2. The molecule has 2 rings (SSSR count). The van der Waals surface area contributed by atoms with Crippen LogP contribution in [0.2, 0.25) is 0 Å². The minimum absolute atomic E-state index is 0.0830. The summed E-state index contributed by atoms with van der Waals surface area (Å²) < 4.78 is 1.76. The second kappa shape index (κ2) is 4.50. The zero-order valence-electron chi connectivity index (χ0n) is 9.54. The summed E-state index contributed by atoms with van der Waals surface area (Å²) in [6.07, 6.45) is 1.71. The molecule has 0 radical (unpaired) electrons. The number of hydrogen-bond acceptors (Lipinski definition) is 4. The van der Waals surface area contributed by atoms with Gasteiger partial charge in [-0.05, 0) is 18.5 Å². The number of fused-ring (bicyclic) bond motifs is 1. The molecule has 6 nitrogen and oxygen atoms in total. The van der Waals surface area contributed by atoms with E-state index in [1.165, 1.54) is 6.07 Å². The number of non-ortho nitro benzene ring substituents is 1. The summed E-state index contributed by atoms with van der Waals surface area (Å²) in [5, 5.41) is 15.8. The summed E-state index contributed by atoms with van der Waals surface area (Å²) in [5.74, 6) is 0.289. The number of aromatic nitrogens is 2. The van der Waals surface area contributed by atoms with Gasteiger partial charge in [-0.2, -0.15) is 5.10 Å². The van der Waals surface area contributed by atoms with Crippen molar-refractivity contribution in [2.45, 2.75) is 13.5 Å². The standard InChI is InChI=1S/C11H14N4O2/c1-8(5-12)7-14-11-4-10(15(16)17)3-2-9(11)6-13-14/h2-4,6,8H,5,7,12H2,1H3. The molecule has 0 amide bonds. The summed E-state index contributed by atoms with van der Waals surface area (Å²) in [7, 11) is 0. The first kappa shape index (κ1) is 11.5. The molecule has 1 unspecified atom stereocenters. The summed E-state index contributed by atoms with van der Waals surface area (Å²) in [6, 6.07) is 4.75. The molecule has 1 heterocycles. The number of rotatable bonds is 4. The highest BCUT2D eigenvalue weighted by molar-refractivity contribution is 5.80. The van der Waals surface area contributed by atoms with E-state index in [1.54, 1.807) is 23.0 Å². The SMILES string of the molecule is CC(CN)Cn1ncc2ccc([N+](=O)[O-])cc21. The van der Waals surface area contributed by atoms with Crippen molar-refractivity contribution >= 4 is 16.6 Å². The maximum absolute atomic E-state index is 10.7. The summed E-state index contributed by atoms with van der Waals surface area (Å²) in [5.41, 5.74) is 6.42. The summed E-state index contributed by atoms with van der Waals surface area (Å²) >= 11 is 0. The number of nitro groups is 1. The second-order valence-corrected chi connectivity index (χ2v) is 4.17. The van der Waals surface area contributed by atoms with Crippen LogP contribution >= 0.6 is 0 Å². The van der Waals surface area contributed by atoms with E-state index in [-0.39, 0.29) is 11.6 Å². The van der Waals surface area contributed by atoms with Crippen molar-refractivity contribution < 1.29 is 4.92 Å². The molecule has 0 aliphatic rings. The maximum Gasteiger partial charge on any atom is 0.271 e. The maximum atomic E-state index is 10.7. The van der Waals surface area contributed by atoms with Gasteiger partial charge in [0.15, 0.2) is 0 Å². The van der Waals surface area contributed by atoms with Gasteiger partial charge in [0.25, 0.3) is 5.69 Å². The fourth-order valence-corrected chi connectivity index (χ4v) is 1.69. The molecule has 0 saturated carbocycles. The lowest BCUT2D eigenvalue weighted by atomic mass is 10.2. The minimum Gasteiger partial charge on any atom is -0.330 e. The Balaban J connectivity index is 2.43. The topological polar surface area (TPSA) is 87.0 Å². The average Bonchev–Trinajstić information content (AvgIpc) is 2.71. The van der Waals surface area contributed by atoms with Crippen molar-refractivity contribution in [1.82, 2.24) is 9.78 Å². The van der Waals surface area contributed by atoms with Crippen LogP contribution in [0.3, 0.4) is 0 Å². The molecule has 0 aliphatic heterocycles. The van der Waals surface area contributed by atoms with E-state index in [0.717, 1.165) is 10.9 Å². The highest BCUT2D eigenvalue weighted by Gasteiger charge is 2.11. The molecule has 0 aliphatic carbocycles. The Hall–Kier alpha value is -1.95. The fourth-order valence-electron chi connectivity index (χ4n) is 1.69. The van der Waals surface area contributed by atoms with Crippen LogP contribution in [-0.4, -0.2) is 21.2 Å². The molecule has 90 valence electrons. The predicted molar refractivity (Wildman–Crippen MR) is 64.6 cm³/mol. The Morgan fingerprint density at radius 2 is 2.35 bits per heavy atom. The van der Waals surface area contributed by atoms with Gasteiger partial charge in [0, 0.05) is 24.1 Å². The number of nitro benzene ring substituents is 1. The van der Waals surface area contributed by atoms with Gasteiger partial charge < -0.3 is 5.73 Å². The monoisotopic (exact) mass is 234 g/mol. The Kier molecular flexibility index (Phi) is 3.06. The van der Waals surface area contributed by atoms with Crippen LogP contribution in [0, 0.1) is 16.0 Å². The highest BCUT2D eigenvalue weighted by Crippen LogP contribution is 2.21. The molecule has 1 atom stereocenters. The molecule has 0 fully saturated rings. The van der Waals surface area contributed by atoms with E-state index in [0.29, 0.717) is 13.1 Å². The van der Waals surface area contributed by atoms with Crippen molar-refractivity contribution in [1.29, 1.82) is 0 Å². The van der Waals surface area contributed by atoms with Gasteiger partial charge in [-0.1, -0.05) is 6.92 Å². The zero-order valence-corrected chi connectivity index (χ0v) is 9.54. The Morgan fingerprint density at radius 3 is 3.00 bits per heavy atom. The zero-order chi connectivity index (χ0) is 12.4. The minimum atomic E-state index is -0.400. The molecular weight excluding hydrogens is 220 g/mol. The van der Waals surface area contributed by atoms with Crippen LogP contribution in [0.4, 0.5) is 5.69 Å². The quantitative estimate of drug-likeness (QED) is 0.642. The molecule has 2 N–H and O–H groups in total. The Bertz CT molecular complexity index is 549. The van der Waals surface area contributed by atoms with Gasteiger partial charge in [-0.3, -0.25) is 14.8 Å². The van der Waals surface area contributed by atoms with Gasteiger partial charge >= 0.3 is 0 Å². The lowest BCUT2D eigenvalue weighted by Gasteiger charge is -2.09. The van der Waals surface area contributed by atoms with E-state index >= 15 is 0 Å². The van der Waals surface area contributed by atoms with Crippen LogP contribution in [-0.2, 0) is 6.54 Å². The van der Waals surface area contributed by atoms with Gasteiger partial charge in [-0.15, -0.1) is 0 Å². The lowest BCUT2D eigenvalue weighted by molar-refractivity contribution is -0.384. The van der Waals surface area contributed by atoms with Crippen LogP contribution in [0.1, 0.15) is 6.92 Å². The number of hydrogen-bond donors (Lipinski definition) is 1. The van der Waals surface area contributed by atoms with Crippen LogP contribution in [0.5, 0.6) is 0 Å². The summed E-state index contributed by atoms with van der Waals surface area (Å²) in [6.45, 7) is 3.25. The molecule has 1 aromatic carbocycles. The number of nitrogens with two attached hydrogens (primary N) is 1. The molecule has 6 heteroatoms. The van der Waals surface area contributed by atoms with Crippen LogP contribution in [0.25, 0.3) is 10.9 Å². The smallest absolute Gasteiger partial charge is 0.271 e. The van der Waals surface area contributed by atoms with E-state index < -0.39 is 4.92 Å². The van der Waals surface area contributed by atoms with Gasteiger partial charge in [0.05, 0.1) is 16.6 Å². The van der Waals surface area contributed by atoms with Crippen molar-refractivity contribution in [3.05, 3.63) is 34.5 Å². The average molecular weight is 234 g/mol. The van der Waals surface area contributed by atoms with Crippen molar-refractivity contribution in [3.8, 4) is 0 Å². The highest BCUT2D eigenvalue weighted by atomic mass is 16.6. The lowest BCUT2D eigenvalue weighted by Crippen LogP contribution is -2.17. The van der Waals surface area contributed by atoms with Gasteiger partial charge in [0.2, 0.25) is 0 Å². The normalized spacial score (nSPS) is 12.8. The predicted octanol–water partition coefficient (Wildman–Crippen LogP) is 1.54. The van der Waals surface area contributed by atoms with E-state index in [2.05, 4.69) is 5.10 Å². The second-order valence-electron chi connectivity index (χ2n) is 4.17. The molecule has 1 aromatic heterocycles. The van der Waals surface area contributed by atoms with Crippen LogP contribution < -0.4 is 5.73 Å². The first-order chi connectivity index (χ1) is 8.11. The molecule has 2 aromatic rings. The molecule has 0 spiro atoms. The third kappa shape index (κ3) is 2.26. The molecule has 17 heavy (non-hydrogen) atoms. The third-order valence-electron chi connectivity index (χ3n) is 2.73. The van der Waals surface area contributed by atoms with E-state index in [4.69, 9.17) is 5.73 Å². The Morgan fingerprint density at radius 1 is 1.59 bits per heavy atom. The molecule has 0 bridgehead atoms. The van der Waals surface area contributed by atoms with Gasteiger partial charge in [0.1, 0.15) is 0 Å². The fraction of sp³-hybridized carbons (Fsp3) is 0.364. The van der Waals surface area contributed by atoms with Crippen LogP contribution in [0.15, 0.2) is 24.4 Å². The van der Waals surface area contributed by atoms with Gasteiger partial charge in [-0.25, -0.2) is 0 Å². The number of benzene rings is 1. The first-order valence-electron chi connectivity index (χ1n) is 5.42. The summed E-state index contributed by atoms with van der Waals surface area (Å²) in [4.78, 5) is 10.3. The largest absolute Gasteiger partial charge is 0.330 e. The van der Waals surface area contributed by atoms with Crippen molar-refractivity contribution in [2.24, 2.45) is 11.7 Å². The van der Waals surface area contributed by atoms with Crippen molar-refractivity contribution in [3.63, 3.8) is 0 Å². The molecule has 0 saturated heterocycles. The Labute approximate surface area is 98.2 Å². The van der Waals surface area contributed by atoms with Crippen molar-refractivity contribution in [2.75, 3.05) is 6.54 Å². The first-order valence-corrected chi connectivity index (χ1v) is 5.42. The number of nitrogens with zero attached hydrogens (tertiary/aromatic N) is 3. The van der Waals surface area contributed by atoms with E-state index in [1.807, 2.05) is 6.92 Å². The third-order valence-corrected chi connectivity index (χ3v) is 2.73.